The Balaban J connectivity index is 4.06. The fraction of sp³-hybridized carbons (Fsp3) is 0.625. The van der Waals surface area contributed by atoms with Gasteiger partial charge in [0.15, 0.2) is 0 Å². The molecule has 0 amide bonds. The first-order chi connectivity index (χ1) is 7.60. The quantitative estimate of drug-likeness (QED) is 0.275. The lowest BCUT2D eigenvalue weighted by Crippen LogP contribution is -1.85. The smallest absolute Gasteiger partial charge is 0.0282 e. The molecule has 0 rings (SSSR count). The van der Waals surface area contributed by atoms with Crippen molar-refractivity contribution < 1.29 is 0 Å². The van der Waals surface area contributed by atoms with Gasteiger partial charge in [-0.2, -0.15) is 0 Å². The van der Waals surface area contributed by atoms with Gasteiger partial charge >= 0.3 is 0 Å². The van der Waals surface area contributed by atoms with E-state index in [4.69, 9.17) is 0 Å². The maximum Gasteiger partial charge on any atom is -0.0282 e. The van der Waals surface area contributed by atoms with E-state index in [1.54, 1.807) is 0 Å². The number of allylic oxidation sites excluding steroid dienone is 5. The van der Waals surface area contributed by atoms with Crippen molar-refractivity contribution >= 4 is 0 Å². The minimum Gasteiger partial charge on any atom is -0.100 e. The van der Waals surface area contributed by atoms with Crippen LogP contribution in [0.25, 0.3) is 0 Å². The molecule has 0 heterocycles. The van der Waals surface area contributed by atoms with Gasteiger partial charge < -0.3 is 0 Å². The van der Waals surface area contributed by atoms with Crippen LogP contribution in [0.4, 0.5) is 0 Å². The largest absolute Gasteiger partial charge is 0.100 e. The highest BCUT2D eigenvalue weighted by Crippen LogP contribution is 2.15. The third-order valence-corrected chi connectivity index (χ3v) is 2.77. The van der Waals surface area contributed by atoms with Crippen LogP contribution in [0.3, 0.4) is 0 Å². The molecule has 0 heteroatoms. The minimum atomic E-state index is 1.14. The van der Waals surface area contributed by atoms with E-state index in [1.807, 2.05) is 0 Å². The van der Waals surface area contributed by atoms with Gasteiger partial charge in [-0.05, 0) is 52.4 Å². The molecule has 0 spiro atoms. The summed E-state index contributed by atoms with van der Waals surface area (Å²) in [6.07, 6.45) is 12.0. The van der Waals surface area contributed by atoms with E-state index in [-0.39, 0.29) is 0 Å². The van der Waals surface area contributed by atoms with Gasteiger partial charge in [-0.25, -0.2) is 0 Å². The molecule has 0 bridgehead atoms. The monoisotopic (exact) mass is 220 g/mol. The Labute approximate surface area is 102 Å². The van der Waals surface area contributed by atoms with Crippen LogP contribution >= 0.6 is 0 Å². The van der Waals surface area contributed by atoms with Crippen LogP contribution in [0, 0.1) is 0 Å². The summed E-state index contributed by atoms with van der Waals surface area (Å²) in [7, 11) is 0. The van der Waals surface area contributed by atoms with E-state index in [0.29, 0.717) is 0 Å². The van der Waals surface area contributed by atoms with Crippen molar-refractivity contribution in [3.05, 3.63) is 35.5 Å². The van der Waals surface area contributed by atoms with Crippen LogP contribution in [0.2, 0.25) is 0 Å². The molecule has 0 N–H and O–H groups in total. The first-order valence-corrected chi connectivity index (χ1v) is 6.60. The summed E-state index contributed by atoms with van der Waals surface area (Å²) in [6, 6.07) is 0. The number of hydrogen-bond acceptors (Lipinski definition) is 0. The van der Waals surface area contributed by atoms with Gasteiger partial charge in [0.1, 0.15) is 0 Å². The third-order valence-electron chi connectivity index (χ3n) is 2.77. The molecular formula is C16H28. The maximum atomic E-state index is 3.94. The first-order valence-electron chi connectivity index (χ1n) is 6.60. The lowest BCUT2D eigenvalue weighted by atomic mass is 10.0. The predicted molar refractivity (Wildman–Crippen MR) is 75.7 cm³/mol. The highest BCUT2D eigenvalue weighted by molar-refractivity contribution is 5.22. The second-order valence-corrected chi connectivity index (χ2v) is 4.70. The average molecular weight is 220 g/mol. The first kappa shape index (κ1) is 15.2. The third kappa shape index (κ3) is 8.52. The Morgan fingerprint density at radius 1 is 1.06 bits per heavy atom. The van der Waals surface area contributed by atoms with Gasteiger partial charge in [0.25, 0.3) is 0 Å². The Bertz CT molecular complexity index is 253. The Kier molecular flexibility index (Phi) is 8.99. The summed E-state index contributed by atoms with van der Waals surface area (Å²) in [5.74, 6) is 0. The fourth-order valence-corrected chi connectivity index (χ4v) is 1.67. The van der Waals surface area contributed by atoms with E-state index in [9.17, 15) is 0 Å². The summed E-state index contributed by atoms with van der Waals surface area (Å²) < 4.78 is 0. The van der Waals surface area contributed by atoms with Crippen molar-refractivity contribution in [2.24, 2.45) is 0 Å². The van der Waals surface area contributed by atoms with Crippen LogP contribution in [0.5, 0.6) is 0 Å². The predicted octanol–water partition coefficient (Wildman–Crippen LogP) is 5.82. The van der Waals surface area contributed by atoms with E-state index in [0.717, 1.165) is 12.8 Å². The molecule has 0 aromatic carbocycles. The summed E-state index contributed by atoms with van der Waals surface area (Å²) in [4.78, 5) is 0. The van der Waals surface area contributed by atoms with Gasteiger partial charge in [-0.3, -0.25) is 0 Å². The summed E-state index contributed by atoms with van der Waals surface area (Å²) in [6.45, 7) is 12.7. The zero-order valence-corrected chi connectivity index (χ0v) is 11.6. The van der Waals surface area contributed by atoms with Gasteiger partial charge in [-0.1, -0.05) is 42.7 Å². The zero-order chi connectivity index (χ0) is 12.4. The van der Waals surface area contributed by atoms with Crippen molar-refractivity contribution in [3.63, 3.8) is 0 Å². The summed E-state index contributed by atoms with van der Waals surface area (Å²) in [5, 5.41) is 0. The molecule has 92 valence electrons. The maximum absolute atomic E-state index is 3.94. The standard InChI is InChI=1S/C16H28/c1-6-10-16(13-15(5)7-2)12-9-8-11-14(3)4/h10,13H,3,6-9,11-12H2,1-2,4-5H3/b15-13-,16-10-. The minimum absolute atomic E-state index is 1.14. The van der Waals surface area contributed by atoms with E-state index in [1.165, 1.54) is 42.4 Å². The second-order valence-electron chi connectivity index (χ2n) is 4.70. The van der Waals surface area contributed by atoms with Crippen molar-refractivity contribution in [1.82, 2.24) is 0 Å². The molecule has 0 aromatic rings. The van der Waals surface area contributed by atoms with Crippen molar-refractivity contribution in [3.8, 4) is 0 Å². The van der Waals surface area contributed by atoms with Crippen molar-refractivity contribution in [1.29, 1.82) is 0 Å². The SMILES string of the molecule is C=C(C)CCCCC(/C=C(/C)CC)=C/CC. The van der Waals surface area contributed by atoms with Crippen molar-refractivity contribution in [2.45, 2.75) is 66.2 Å². The summed E-state index contributed by atoms with van der Waals surface area (Å²) in [5.41, 5.74) is 4.31. The number of rotatable bonds is 8. The molecule has 16 heavy (non-hydrogen) atoms. The Morgan fingerprint density at radius 3 is 2.19 bits per heavy atom. The van der Waals surface area contributed by atoms with E-state index in [2.05, 4.69) is 46.4 Å². The average Bonchev–Trinajstić information content (AvgIpc) is 2.24. The van der Waals surface area contributed by atoms with Gasteiger partial charge in [-0.15, -0.1) is 6.58 Å². The van der Waals surface area contributed by atoms with Gasteiger partial charge in [0, 0.05) is 0 Å². The van der Waals surface area contributed by atoms with E-state index < -0.39 is 0 Å². The number of unbranched alkanes of at least 4 members (excludes halogenated alkanes) is 1. The van der Waals surface area contributed by atoms with Crippen LogP contribution in [0.1, 0.15) is 66.2 Å². The van der Waals surface area contributed by atoms with E-state index >= 15 is 0 Å². The second kappa shape index (κ2) is 9.45. The molecule has 0 aromatic heterocycles. The molecule has 0 aliphatic rings. The van der Waals surface area contributed by atoms with Crippen LogP contribution in [-0.4, -0.2) is 0 Å². The van der Waals surface area contributed by atoms with Crippen LogP contribution in [0.15, 0.2) is 35.5 Å². The van der Waals surface area contributed by atoms with Gasteiger partial charge in [0.2, 0.25) is 0 Å². The highest BCUT2D eigenvalue weighted by atomic mass is 14.0. The molecule has 0 fully saturated rings. The molecule has 0 aliphatic heterocycles. The van der Waals surface area contributed by atoms with Crippen molar-refractivity contribution in [2.75, 3.05) is 0 Å². The van der Waals surface area contributed by atoms with Gasteiger partial charge in [0.05, 0.1) is 0 Å². The Morgan fingerprint density at radius 2 is 1.69 bits per heavy atom. The molecule has 0 atom stereocenters. The molecule has 0 aliphatic carbocycles. The normalized spacial score (nSPS) is 13.0. The molecule has 0 radical (unpaired) electrons. The highest BCUT2D eigenvalue weighted by Gasteiger charge is 1.95. The van der Waals surface area contributed by atoms with Crippen LogP contribution < -0.4 is 0 Å². The topological polar surface area (TPSA) is 0 Å². The lowest BCUT2D eigenvalue weighted by Gasteiger charge is -2.05. The zero-order valence-electron chi connectivity index (χ0n) is 11.6. The van der Waals surface area contributed by atoms with Crippen LogP contribution in [-0.2, 0) is 0 Å². The fourth-order valence-electron chi connectivity index (χ4n) is 1.67. The molecule has 0 nitrogen and oxygen atoms in total. The molecule has 0 saturated heterocycles. The molecular weight excluding hydrogens is 192 g/mol. The lowest BCUT2D eigenvalue weighted by molar-refractivity contribution is 0.730. The number of hydrogen-bond donors (Lipinski definition) is 0. The molecule has 0 saturated carbocycles. The molecule has 0 unspecified atom stereocenters. The Hall–Kier alpha value is -0.780. The summed E-state index contributed by atoms with van der Waals surface area (Å²) >= 11 is 0.